The van der Waals surface area contributed by atoms with Crippen molar-refractivity contribution >= 4 is 85.0 Å². The van der Waals surface area contributed by atoms with Gasteiger partial charge < -0.3 is 4.57 Å². The molecule has 5 heteroatoms. The molecule has 0 aliphatic carbocycles. The number of aromatic nitrogens is 3. The minimum atomic E-state index is 1.03. The van der Waals surface area contributed by atoms with Crippen LogP contribution in [0.5, 0.6) is 0 Å². The molecule has 3 nitrogen and oxygen atoms in total. The Morgan fingerprint density at radius 3 is 2.39 bits per heavy atom. The van der Waals surface area contributed by atoms with Crippen LogP contribution < -0.4 is 0 Å². The molecule has 8 rings (SSSR count). The summed E-state index contributed by atoms with van der Waals surface area (Å²) in [5.74, 6) is 0. The second-order valence-corrected chi connectivity index (χ2v) is 10.5. The fourth-order valence-corrected chi connectivity index (χ4v) is 7.29. The molecular weight excluding hydrogens is 442 g/mol. The summed E-state index contributed by atoms with van der Waals surface area (Å²) >= 11 is 3.62. The quantitative estimate of drug-likeness (QED) is 0.248. The van der Waals surface area contributed by atoms with E-state index in [0.29, 0.717) is 0 Å². The molecule has 0 amide bonds. The first-order valence-electron chi connectivity index (χ1n) is 10.8. The Kier molecular flexibility index (Phi) is 3.42. The van der Waals surface area contributed by atoms with Gasteiger partial charge in [-0.25, -0.2) is 9.97 Å². The third-order valence-electron chi connectivity index (χ3n) is 6.55. The number of nitrogens with zero attached hydrogens (tertiary/aromatic N) is 3. The molecule has 4 aromatic heterocycles. The van der Waals surface area contributed by atoms with E-state index in [1.807, 2.05) is 17.5 Å². The topological polar surface area (TPSA) is 30.7 Å². The van der Waals surface area contributed by atoms with Gasteiger partial charge in [0.05, 0.1) is 21.3 Å². The van der Waals surface area contributed by atoms with Gasteiger partial charge in [0.1, 0.15) is 6.33 Å². The highest BCUT2D eigenvalue weighted by atomic mass is 32.1. The number of para-hydroxylation sites is 1. The molecule has 33 heavy (non-hydrogen) atoms. The van der Waals surface area contributed by atoms with Gasteiger partial charge in [0, 0.05) is 52.9 Å². The highest BCUT2D eigenvalue weighted by Crippen LogP contribution is 2.43. The fraction of sp³-hybridized carbons (Fsp3) is 0. The average Bonchev–Trinajstić information content (AvgIpc) is 3.52. The normalized spacial score (nSPS) is 12.2. The molecule has 4 heterocycles. The number of hydrogen-bond donors (Lipinski definition) is 0. The van der Waals surface area contributed by atoms with Gasteiger partial charge in [-0.1, -0.05) is 42.5 Å². The lowest BCUT2D eigenvalue weighted by Gasteiger charge is -2.09. The highest BCUT2D eigenvalue weighted by Gasteiger charge is 2.19. The summed E-state index contributed by atoms with van der Waals surface area (Å²) in [5.41, 5.74) is 4.64. The molecule has 0 N–H and O–H groups in total. The lowest BCUT2D eigenvalue weighted by molar-refractivity contribution is 1.19. The molecule has 0 saturated carbocycles. The van der Waals surface area contributed by atoms with Crippen LogP contribution in [0.4, 0.5) is 0 Å². The molecule has 0 aliphatic heterocycles. The molecule has 0 unspecified atom stereocenters. The zero-order valence-electron chi connectivity index (χ0n) is 17.3. The molecule has 0 spiro atoms. The summed E-state index contributed by atoms with van der Waals surface area (Å²) in [6, 6.07) is 28.7. The fourth-order valence-electron chi connectivity index (χ4n) is 5.17. The Morgan fingerprint density at radius 1 is 0.636 bits per heavy atom. The standard InChI is InChI=1S/C28H15N3S2/c1-3-7-21-17(5-1)19-10-12-24-26(27-25(33-24)14-29-15-30-27)28(19)31(21)16-9-11-23-20(13-16)18-6-2-4-8-22(18)32-23/h1-15H. The van der Waals surface area contributed by atoms with Crippen LogP contribution in [0, 0.1) is 0 Å². The summed E-state index contributed by atoms with van der Waals surface area (Å²) in [6.45, 7) is 0. The van der Waals surface area contributed by atoms with Gasteiger partial charge in [0.2, 0.25) is 0 Å². The first kappa shape index (κ1) is 17.7. The predicted molar refractivity (Wildman–Crippen MR) is 142 cm³/mol. The molecule has 0 radical (unpaired) electrons. The molecule has 0 aliphatic rings. The largest absolute Gasteiger partial charge is 0.308 e. The van der Waals surface area contributed by atoms with Gasteiger partial charge in [-0.3, -0.25) is 0 Å². The number of rotatable bonds is 1. The van der Waals surface area contributed by atoms with Crippen LogP contribution in [0.2, 0.25) is 0 Å². The Balaban J connectivity index is 1.60. The smallest absolute Gasteiger partial charge is 0.116 e. The van der Waals surface area contributed by atoms with Gasteiger partial charge in [0.15, 0.2) is 0 Å². The summed E-state index contributed by atoms with van der Waals surface area (Å²) in [7, 11) is 0. The molecule has 154 valence electrons. The number of hydrogen-bond acceptors (Lipinski definition) is 4. The minimum absolute atomic E-state index is 1.03. The third kappa shape index (κ3) is 2.33. The molecule has 0 bridgehead atoms. The van der Waals surface area contributed by atoms with E-state index >= 15 is 0 Å². The van der Waals surface area contributed by atoms with Gasteiger partial charge >= 0.3 is 0 Å². The van der Waals surface area contributed by atoms with Gasteiger partial charge in [-0.05, 0) is 36.4 Å². The minimum Gasteiger partial charge on any atom is -0.308 e. The van der Waals surface area contributed by atoms with E-state index in [9.17, 15) is 0 Å². The zero-order chi connectivity index (χ0) is 21.5. The second kappa shape index (κ2) is 6.38. The van der Waals surface area contributed by atoms with Crippen molar-refractivity contribution in [2.45, 2.75) is 0 Å². The molecule has 0 fully saturated rings. The summed E-state index contributed by atoms with van der Waals surface area (Å²) in [4.78, 5) is 8.96. The van der Waals surface area contributed by atoms with E-state index in [1.54, 1.807) is 17.7 Å². The lowest BCUT2D eigenvalue weighted by Crippen LogP contribution is -1.94. The Hall–Kier alpha value is -3.80. The Labute approximate surface area is 196 Å². The first-order valence-corrected chi connectivity index (χ1v) is 12.5. The Bertz CT molecular complexity index is 2040. The van der Waals surface area contributed by atoms with Gasteiger partial charge in [0.25, 0.3) is 0 Å². The van der Waals surface area contributed by atoms with Crippen LogP contribution in [0.15, 0.2) is 91.4 Å². The van der Waals surface area contributed by atoms with Crippen molar-refractivity contribution in [3.8, 4) is 5.69 Å². The monoisotopic (exact) mass is 457 g/mol. The average molecular weight is 458 g/mol. The molecule has 0 atom stereocenters. The van der Waals surface area contributed by atoms with Crippen molar-refractivity contribution in [1.29, 1.82) is 0 Å². The highest BCUT2D eigenvalue weighted by molar-refractivity contribution is 7.26. The summed E-state index contributed by atoms with van der Waals surface area (Å²) in [5, 5.41) is 6.36. The maximum absolute atomic E-state index is 4.69. The van der Waals surface area contributed by atoms with E-state index in [4.69, 9.17) is 4.98 Å². The molecule has 4 aromatic carbocycles. The van der Waals surface area contributed by atoms with Crippen molar-refractivity contribution in [3.05, 3.63) is 91.4 Å². The SMILES string of the molecule is c1ccc2c(c1)sc1ccc(-n3c4ccccc4c4ccc5sc6cncnc6c5c43)cc12. The van der Waals surface area contributed by atoms with Crippen LogP contribution in [-0.4, -0.2) is 14.5 Å². The van der Waals surface area contributed by atoms with E-state index < -0.39 is 0 Å². The Morgan fingerprint density at radius 2 is 1.42 bits per heavy atom. The van der Waals surface area contributed by atoms with Crippen molar-refractivity contribution in [3.63, 3.8) is 0 Å². The van der Waals surface area contributed by atoms with Gasteiger partial charge in [-0.15, -0.1) is 22.7 Å². The van der Waals surface area contributed by atoms with E-state index in [0.717, 1.165) is 10.2 Å². The third-order valence-corrected chi connectivity index (χ3v) is 8.78. The zero-order valence-corrected chi connectivity index (χ0v) is 19.0. The van der Waals surface area contributed by atoms with Crippen LogP contribution in [0.3, 0.4) is 0 Å². The van der Waals surface area contributed by atoms with Crippen LogP contribution >= 0.6 is 22.7 Å². The van der Waals surface area contributed by atoms with Gasteiger partial charge in [-0.2, -0.15) is 0 Å². The molecule has 0 saturated heterocycles. The number of thiophene rings is 2. The summed E-state index contributed by atoms with van der Waals surface area (Å²) in [6.07, 6.45) is 3.58. The van der Waals surface area contributed by atoms with Crippen LogP contribution in [-0.2, 0) is 0 Å². The van der Waals surface area contributed by atoms with Crippen LogP contribution in [0.1, 0.15) is 0 Å². The maximum Gasteiger partial charge on any atom is 0.116 e. The number of fused-ring (bicyclic) bond motifs is 10. The van der Waals surface area contributed by atoms with E-state index in [2.05, 4.69) is 88.4 Å². The van der Waals surface area contributed by atoms with Crippen LogP contribution in [0.25, 0.3) is 68.0 Å². The number of benzene rings is 4. The van der Waals surface area contributed by atoms with Crippen molar-refractivity contribution in [1.82, 2.24) is 14.5 Å². The van der Waals surface area contributed by atoms with Crippen molar-refractivity contribution in [2.24, 2.45) is 0 Å². The first-order chi connectivity index (χ1) is 16.4. The van der Waals surface area contributed by atoms with Crippen molar-refractivity contribution < 1.29 is 0 Å². The summed E-state index contributed by atoms with van der Waals surface area (Å²) < 4.78 is 7.43. The predicted octanol–water partition coefficient (Wildman–Crippen LogP) is 8.31. The lowest BCUT2D eigenvalue weighted by atomic mass is 10.1. The van der Waals surface area contributed by atoms with E-state index in [-0.39, 0.29) is 0 Å². The second-order valence-electron chi connectivity index (χ2n) is 8.30. The molecular formula is C28H15N3S2. The molecule has 8 aromatic rings. The van der Waals surface area contributed by atoms with E-state index in [1.165, 1.54) is 57.8 Å². The maximum atomic E-state index is 4.69. The van der Waals surface area contributed by atoms with Crippen molar-refractivity contribution in [2.75, 3.05) is 0 Å².